The van der Waals surface area contributed by atoms with Crippen LogP contribution in [0.25, 0.3) is 0 Å². The molecule has 1 rings (SSSR count). The van der Waals surface area contributed by atoms with Crippen LogP contribution >= 0.6 is 0 Å². The summed E-state index contributed by atoms with van der Waals surface area (Å²) in [5.41, 5.74) is 12.0. The van der Waals surface area contributed by atoms with Crippen molar-refractivity contribution >= 4 is 23.7 Å². The molecule has 10 heteroatoms. The van der Waals surface area contributed by atoms with E-state index in [1.165, 1.54) is 0 Å². The number of carbonyl (C=O) groups is 4. The molecule has 0 saturated carbocycles. The number of benzene rings is 1. The minimum Gasteiger partial charge on any atom is -0.480 e. The van der Waals surface area contributed by atoms with Crippen LogP contribution in [0, 0.1) is 5.92 Å². The summed E-state index contributed by atoms with van der Waals surface area (Å²) in [7, 11) is 0. The number of aliphatic carboxylic acids is 1. The van der Waals surface area contributed by atoms with Gasteiger partial charge in [0.05, 0.1) is 12.6 Å². The molecule has 0 aliphatic carbocycles. The van der Waals surface area contributed by atoms with E-state index >= 15 is 0 Å². The molecule has 184 valence electrons. The van der Waals surface area contributed by atoms with Crippen LogP contribution < -0.4 is 27.4 Å². The van der Waals surface area contributed by atoms with Gasteiger partial charge in [-0.1, -0.05) is 50.6 Å². The topological polar surface area (TPSA) is 177 Å². The summed E-state index contributed by atoms with van der Waals surface area (Å²) in [6.07, 6.45) is 2.35. The first-order chi connectivity index (χ1) is 15.6. The van der Waals surface area contributed by atoms with Gasteiger partial charge in [-0.05, 0) is 37.3 Å². The predicted molar refractivity (Wildman–Crippen MR) is 125 cm³/mol. The quantitative estimate of drug-likeness (QED) is 0.197. The van der Waals surface area contributed by atoms with E-state index in [1.807, 2.05) is 19.9 Å². The number of unbranched alkanes of at least 4 members (excludes halogenated alkanes) is 1. The number of rotatable bonds is 15. The van der Waals surface area contributed by atoms with E-state index in [1.54, 1.807) is 24.3 Å². The first-order valence-electron chi connectivity index (χ1n) is 11.2. The summed E-state index contributed by atoms with van der Waals surface area (Å²) in [4.78, 5) is 48.9. The fourth-order valence-corrected chi connectivity index (χ4v) is 3.21. The summed E-state index contributed by atoms with van der Waals surface area (Å²) in [6, 6.07) is 6.12. The summed E-state index contributed by atoms with van der Waals surface area (Å²) in [6.45, 7) is 3.95. The predicted octanol–water partition coefficient (Wildman–Crippen LogP) is -0.0981. The molecule has 0 aliphatic heterocycles. The number of carboxylic acids is 1. The highest BCUT2D eigenvalue weighted by atomic mass is 16.4. The maximum absolute atomic E-state index is 12.8. The van der Waals surface area contributed by atoms with Gasteiger partial charge in [0.25, 0.3) is 0 Å². The van der Waals surface area contributed by atoms with Crippen molar-refractivity contribution in [1.29, 1.82) is 0 Å². The number of hydrogen-bond acceptors (Lipinski definition) is 6. The van der Waals surface area contributed by atoms with Crippen LogP contribution in [-0.2, 0) is 25.6 Å². The average molecular weight is 464 g/mol. The van der Waals surface area contributed by atoms with Crippen molar-refractivity contribution in [2.45, 2.75) is 64.1 Å². The Hall–Kier alpha value is -2.98. The lowest BCUT2D eigenvalue weighted by atomic mass is 10.0. The zero-order chi connectivity index (χ0) is 24.8. The van der Waals surface area contributed by atoms with Gasteiger partial charge >= 0.3 is 5.97 Å². The number of amides is 3. The third-order valence-electron chi connectivity index (χ3n) is 4.99. The lowest BCUT2D eigenvalue weighted by Gasteiger charge is -2.23. The Morgan fingerprint density at radius 2 is 1.64 bits per heavy atom. The molecule has 3 amide bonds. The number of nitrogens with two attached hydrogens (primary N) is 2. The van der Waals surface area contributed by atoms with Gasteiger partial charge in [-0.25, -0.2) is 4.79 Å². The minimum atomic E-state index is -1.17. The van der Waals surface area contributed by atoms with Gasteiger partial charge in [-0.3, -0.25) is 14.4 Å². The van der Waals surface area contributed by atoms with Crippen LogP contribution in [0.1, 0.15) is 45.1 Å². The van der Waals surface area contributed by atoms with Crippen LogP contribution in [-0.4, -0.2) is 60.0 Å². The Morgan fingerprint density at radius 1 is 0.970 bits per heavy atom. The summed E-state index contributed by atoms with van der Waals surface area (Å²) >= 11 is 0. The Bertz CT molecular complexity index is 772. The molecule has 0 saturated heterocycles. The molecule has 0 fully saturated rings. The smallest absolute Gasteiger partial charge is 0.326 e. The number of nitrogens with one attached hydrogen (secondary N) is 3. The van der Waals surface area contributed by atoms with E-state index in [-0.39, 0.29) is 18.9 Å². The highest BCUT2D eigenvalue weighted by molar-refractivity contribution is 5.92. The normalized spacial score (nSPS) is 13.6. The van der Waals surface area contributed by atoms with Gasteiger partial charge in [0.15, 0.2) is 0 Å². The summed E-state index contributed by atoms with van der Waals surface area (Å²) in [5, 5.41) is 17.1. The summed E-state index contributed by atoms with van der Waals surface area (Å²) in [5.74, 6) is -2.72. The molecule has 0 aliphatic rings. The average Bonchev–Trinajstić information content (AvgIpc) is 2.76. The van der Waals surface area contributed by atoms with E-state index in [9.17, 15) is 24.3 Å². The van der Waals surface area contributed by atoms with E-state index < -0.39 is 41.8 Å². The van der Waals surface area contributed by atoms with Gasteiger partial charge in [0.2, 0.25) is 17.7 Å². The molecule has 0 aromatic heterocycles. The Labute approximate surface area is 194 Å². The third kappa shape index (κ3) is 11.4. The van der Waals surface area contributed by atoms with Crippen LogP contribution in [0.4, 0.5) is 0 Å². The van der Waals surface area contributed by atoms with E-state index in [2.05, 4.69) is 16.0 Å². The van der Waals surface area contributed by atoms with Gasteiger partial charge in [0.1, 0.15) is 12.1 Å². The highest BCUT2D eigenvalue weighted by Gasteiger charge is 2.27. The minimum absolute atomic E-state index is 0.0593. The first-order valence-corrected chi connectivity index (χ1v) is 11.2. The van der Waals surface area contributed by atoms with Gasteiger partial charge in [-0.2, -0.15) is 0 Å². The lowest BCUT2D eigenvalue weighted by Crippen LogP contribution is -2.54. The molecular weight excluding hydrogens is 426 g/mol. The second kappa shape index (κ2) is 15.0. The monoisotopic (exact) mass is 463 g/mol. The second-order valence-electron chi connectivity index (χ2n) is 8.45. The molecule has 3 atom stereocenters. The number of hydrogen-bond donors (Lipinski definition) is 6. The Morgan fingerprint density at radius 3 is 2.21 bits per heavy atom. The van der Waals surface area contributed by atoms with Crippen molar-refractivity contribution in [3.05, 3.63) is 35.9 Å². The fraction of sp³-hybridized carbons (Fsp3) is 0.565. The Kier molecular flexibility index (Phi) is 12.7. The van der Waals surface area contributed by atoms with Gasteiger partial charge in [-0.15, -0.1) is 0 Å². The van der Waals surface area contributed by atoms with Crippen molar-refractivity contribution in [2.24, 2.45) is 17.4 Å². The second-order valence-corrected chi connectivity index (χ2v) is 8.45. The van der Waals surface area contributed by atoms with Gasteiger partial charge in [0, 0.05) is 6.42 Å². The number of carboxylic acid groups (broad SMARTS) is 1. The zero-order valence-corrected chi connectivity index (χ0v) is 19.4. The molecule has 1 aromatic carbocycles. The molecule has 0 radical (unpaired) electrons. The summed E-state index contributed by atoms with van der Waals surface area (Å²) < 4.78 is 0. The molecular formula is C23H37N5O5. The van der Waals surface area contributed by atoms with Crippen molar-refractivity contribution < 1.29 is 24.3 Å². The molecule has 8 N–H and O–H groups in total. The van der Waals surface area contributed by atoms with E-state index in [4.69, 9.17) is 11.5 Å². The van der Waals surface area contributed by atoms with Crippen LogP contribution in [0.2, 0.25) is 0 Å². The molecule has 0 spiro atoms. The molecule has 1 aromatic rings. The van der Waals surface area contributed by atoms with Gasteiger partial charge < -0.3 is 32.5 Å². The SMILES string of the molecule is CC(C)CC(NC(=O)CNC(=O)C(N)CCCCN)C(=O)NC(Cc1ccccc1)C(=O)O. The van der Waals surface area contributed by atoms with E-state index in [0.717, 1.165) is 12.0 Å². The third-order valence-corrected chi connectivity index (χ3v) is 4.99. The maximum Gasteiger partial charge on any atom is 0.326 e. The van der Waals surface area contributed by atoms with Crippen LogP contribution in [0.3, 0.4) is 0 Å². The number of carbonyl (C=O) groups excluding carboxylic acids is 3. The van der Waals surface area contributed by atoms with Crippen molar-refractivity contribution in [3.63, 3.8) is 0 Å². The molecule has 10 nitrogen and oxygen atoms in total. The van der Waals surface area contributed by atoms with Crippen LogP contribution in [0.15, 0.2) is 30.3 Å². The molecule has 0 bridgehead atoms. The maximum atomic E-state index is 12.8. The Balaban J connectivity index is 2.67. The largest absolute Gasteiger partial charge is 0.480 e. The van der Waals surface area contributed by atoms with Crippen LogP contribution in [0.5, 0.6) is 0 Å². The standard InChI is InChI=1S/C23H37N5O5/c1-15(2)12-18(27-20(29)14-26-21(30)17(25)10-6-7-11-24)22(31)28-19(23(32)33)13-16-8-4-3-5-9-16/h3-5,8-9,15,17-19H,6-7,10-14,24-25H2,1-2H3,(H,26,30)(H,27,29)(H,28,31)(H,32,33). The lowest BCUT2D eigenvalue weighted by molar-refractivity contribution is -0.142. The fourth-order valence-electron chi connectivity index (χ4n) is 3.21. The molecule has 3 unspecified atom stereocenters. The van der Waals surface area contributed by atoms with Crippen molar-refractivity contribution in [1.82, 2.24) is 16.0 Å². The first kappa shape index (κ1) is 28.1. The molecule has 0 heterocycles. The zero-order valence-electron chi connectivity index (χ0n) is 19.4. The van der Waals surface area contributed by atoms with E-state index in [0.29, 0.717) is 25.8 Å². The van der Waals surface area contributed by atoms with Crippen molar-refractivity contribution in [3.8, 4) is 0 Å². The molecule has 33 heavy (non-hydrogen) atoms. The highest BCUT2D eigenvalue weighted by Crippen LogP contribution is 2.08. The van der Waals surface area contributed by atoms with Crippen molar-refractivity contribution in [2.75, 3.05) is 13.1 Å².